The lowest BCUT2D eigenvalue weighted by atomic mass is 10.1. The number of rotatable bonds is 3. The summed E-state index contributed by atoms with van der Waals surface area (Å²) >= 11 is 0. The fourth-order valence-electron chi connectivity index (χ4n) is 1.20. The largest absolute Gasteiger partial charge is 0.494 e. The first-order valence-corrected chi connectivity index (χ1v) is 4.27. The van der Waals surface area contributed by atoms with Gasteiger partial charge in [0, 0.05) is 0 Å². The molecule has 0 spiro atoms. The first kappa shape index (κ1) is 11.9. The topological polar surface area (TPSA) is 69.7 Å². The van der Waals surface area contributed by atoms with E-state index in [1.54, 1.807) is 12.1 Å². The van der Waals surface area contributed by atoms with Crippen LogP contribution in [-0.4, -0.2) is 12.1 Å². The molecule has 1 aromatic heterocycles. The fourth-order valence-corrected chi connectivity index (χ4v) is 1.20. The van der Waals surface area contributed by atoms with Crippen LogP contribution in [-0.2, 0) is 6.42 Å². The van der Waals surface area contributed by atoms with E-state index in [1.165, 1.54) is 13.2 Å². The van der Waals surface area contributed by atoms with Gasteiger partial charge in [-0.15, -0.1) is 0 Å². The Bertz CT molecular complexity index is 474. The molecule has 0 aliphatic heterocycles. The van der Waals surface area contributed by atoms with Crippen LogP contribution in [0.5, 0.6) is 5.75 Å². The van der Waals surface area contributed by atoms with Crippen molar-refractivity contribution in [3.8, 4) is 17.9 Å². The Balaban J connectivity index is 3.38. The Morgan fingerprint density at radius 1 is 1.50 bits per heavy atom. The van der Waals surface area contributed by atoms with E-state index in [1.807, 2.05) is 0 Å². The Labute approximate surface area is 90.7 Å². The van der Waals surface area contributed by atoms with Crippen molar-refractivity contribution in [2.75, 3.05) is 7.11 Å². The molecule has 1 heterocycles. The van der Waals surface area contributed by atoms with Crippen LogP contribution in [0.25, 0.3) is 0 Å². The molecule has 4 nitrogen and oxygen atoms in total. The Kier molecular flexibility index (Phi) is 3.73. The van der Waals surface area contributed by atoms with Gasteiger partial charge in [0.15, 0.2) is 11.4 Å². The van der Waals surface area contributed by atoms with Crippen molar-refractivity contribution < 1.29 is 13.5 Å². The Morgan fingerprint density at radius 3 is 2.62 bits per heavy atom. The molecule has 0 N–H and O–H groups in total. The van der Waals surface area contributed by atoms with Gasteiger partial charge in [0.05, 0.1) is 19.6 Å². The zero-order chi connectivity index (χ0) is 12.1. The summed E-state index contributed by atoms with van der Waals surface area (Å²) in [7, 11) is 1.30. The van der Waals surface area contributed by atoms with E-state index in [-0.39, 0.29) is 23.4 Å². The van der Waals surface area contributed by atoms with E-state index in [2.05, 4.69) is 4.98 Å². The van der Waals surface area contributed by atoms with Gasteiger partial charge in [-0.1, -0.05) is 0 Å². The maximum atomic E-state index is 12.6. The van der Waals surface area contributed by atoms with Gasteiger partial charge in [-0.2, -0.15) is 10.5 Å². The van der Waals surface area contributed by atoms with Gasteiger partial charge in [-0.05, 0) is 11.6 Å². The van der Waals surface area contributed by atoms with Crippen molar-refractivity contribution in [1.82, 2.24) is 4.98 Å². The molecule has 16 heavy (non-hydrogen) atoms. The highest BCUT2D eigenvalue weighted by Gasteiger charge is 2.18. The minimum atomic E-state index is -2.82. The number of pyridine rings is 1. The van der Waals surface area contributed by atoms with E-state index < -0.39 is 12.1 Å². The molecule has 0 aliphatic carbocycles. The minimum absolute atomic E-state index is 0.0772. The highest BCUT2D eigenvalue weighted by Crippen LogP contribution is 2.26. The molecule has 0 saturated carbocycles. The minimum Gasteiger partial charge on any atom is -0.494 e. The van der Waals surface area contributed by atoms with Crippen LogP contribution in [0.1, 0.15) is 23.4 Å². The number of hydrogen-bond donors (Lipinski definition) is 0. The van der Waals surface area contributed by atoms with Crippen molar-refractivity contribution in [3.05, 3.63) is 23.0 Å². The highest BCUT2D eigenvalue weighted by atomic mass is 19.3. The van der Waals surface area contributed by atoms with Gasteiger partial charge in [-0.25, -0.2) is 13.8 Å². The third-order valence-electron chi connectivity index (χ3n) is 1.90. The lowest BCUT2D eigenvalue weighted by molar-refractivity contribution is 0.144. The summed E-state index contributed by atoms with van der Waals surface area (Å²) in [5.74, 6) is 0.0946. The maximum absolute atomic E-state index is 12.6. The number of hydrogen-bond acceptors (Lipinski definition) is 4. The smallest absolute Gasteiger partial charge is 0.280 e. The maximum Gasteiger partial charge on any atom is 0.280 e. The molecule has 0 unspecified atom stereocenters. The number of alkyl halides is 2. The summed E-state index contributed by atoms with van der Waals surface area (Å²) in [6, 6.07) is 4.66. The molecule has 0 aliphatic rings. The molecule has 0 amide bonds. The summed E-state index contributed by atoms with van der Waals surface area (Å²) in [6.45, 7) is 0. The second kappa shape index (κ2) is 5.04. The van der Waals surface area contributed by atoms with Crippen LogP contribution >= 0.6 is 0 Å². The molecule has 0 atom stereocenters. The average molecular weight is 223 g/mol. The SMILES string of the molecule is COc1cc(CC#N)c(C(F)F)nc1C#N. The van der Waals surface area contributed by atoms with E-state index >= 15 is 0 Å². The first-order chi connectivity index (χ1) is 7.63. The second-order valence-electron chi connectivity index (χ2n) is 2.83. The molecule has 1 rings (SSSR count). The molecule has 0 bridgehead atoms. The third-order valence-corrected chi connectivity index (χ3v) is 1.90. The summed E-state index contributed by atoms with van der Waals surface area (Å²) < 4.78 is 30.0. The molecular formula is C10H7F2N3O. The predicted octanol–water partition coefficient (Wildman–Crippen LogP) is 1.97. The average Bonchev–Trinajstić information content (AvgIpc) is 2.28. The number of methoxy groups -OCH3 is 1. The number of nitrogens with zero attached hydrogens (tertiary/aromatic N) is 3. The van der Waals surface area contributed by atoms with Crippen molar-refractivity contribution in [3.63, 3.8) is 0 Å². The van der Waals surface area contributed by atoms with E-state index in [0.29, 0.717) is 0 Å². The van der Waals surface area contributed by atoms with Crippen LogP contribution in [0.4, 0.5) is 8.78 Å². The monoisotopic (exact) mass is 223 g/mol. The lowest BCUT2D eigenvalue weighted by Crippen LogP contribution is -2.03. The second-order valence-corrected chi connectivity index (χ2v) is 2.83. The third kappa shape index (κ3) is 2.23. The molecule has 0 fully saturated rings. The normalized spacial score (nSPS) is 9.62. The van der Waals surface area contributed by atoms with Crippen LogP contribution in [0, 0.1) is 22.7 Å². The zero-order valence-electron chi connectivity index (χ0n) is 8.37. The summed E-state index contributed by atoms with van der Waals surface area (Å²) in [4.78, 5) is 3.49. The molecule has 0 radical (unpaired) electrons. The quantitative estimate of drug-likeness (QED) is 0.785. The molecule has 0 aromatic carbocycles. The molecule has 1 aromatic rings. The highest BCUT2D eigenvalue weighted by molar-refractivity contribution is 5.43. The van der Waals surface area contributed by atoms with Crippen molar-refractivity contribution >= 4 is 0 Å². The van der Waals surface area contributed by atoms with Gasteiger partial charge in [0.2, 0.25) is 0 Å². The molecule has 82 valence electrons. The van der Waals surface area contributed by atoms with Gasteiger partial charge < -0.3 is 4.74 Å². The van der Waals surface area contributed by atoms with Gasteiger partial charge in [0.25, 0.3) is 6.43 Å². The fraction of sp³-hybridized carbons (Fsp3) is 0.300. The van der Waals surface area contributed by atoms with Crippen molar-refractivity contribution in [1.29, 1.82) is 10.5 Å². The van der Waals surface area contributed by atoms with E-state index in [0.717, 1.165) is 0 Å². The number of aromatic nitrogens is 1. The van der Waals surface area contributed by atoms with Crippen molar-refractivity contribution in [2.45, 2.75) is 12.8 Å². The van der Waals surface area contributed by atoms with Crippen LogP contribution < -0.4 is 4.74 Å². The summed E-state index contributed by atoms with van der Waals surface area (Å²) in [5.41, 5.74) is -0.674. The Hall–Kier alpha value is -2.21. The van der Waals surface area contributed by atoms with Gasteiger partial charge in [0.1, 0.15) is 11.8 Å². The van der Waals surface area contributed by atoms with E-state index in [4.69, 9.17) is 15.3 Å². The van der Waals surface area contributed by atoms with E-state index in [9.17, 15) is 8.78 Å². The van der Waals surface area contributed by atoms with Crippen LogP contribution in [0.15, 0.2) is 6.07 Å². The predicted molar refractivity (Wildman–Crippen MR) is 49.8 cm³/mol. The first-order valence-electron chi connectivity index (χ1n) is 4.27. The molecule has 0 saturated heterocycles. The summed E-state index contributed by atoms with van der Waals surface area (Å²) in [6.07, 6.45) is -3.02. The van der Waals surface area contributed by atoms with Gasteiger partial charge >= 0.3 is 0 Å². The molecule has 6 heteroatoms. The standard InChI is InChI=1S/C10H7F2N3O/c1-16-8-4-6(2-3-13)9(10(11)12)15-7(8)5-14/h4,10H,2H2,1H3. The number of halogens is 2. The number of ether oxygens (including phenoxy) is 1. The Morgan fingerprint density at radius 2 is 2.19 bits per heavy atom. The zero-order valence-corrected chi connectivity index (χ0v) is 8.37. The van der Waals surface area contributed by atoms with Gasteiger partial charge in [-0.3, -0.25) is 0 Å². The summed E-state index contributed by atoms with van der Waals surface area (Å²) in [5, 5.41) is 17.2. The lowest BCUT2D eigenvalue weighted by Gasteiger charge is -2.08. The van der Waals surface area contributed by atoms with Crippen molar-refractivity contribution in [2.24, 2.45) is 0 Å². The number of nitriles is 2. The van der Waals surface area contributed by atoms with Crippen LogP contribution in [0.2, 0.25) is 0 Å². The molecular weight excluding hydrogens is 216 g/mol. The van der Waals surface area contributed by atoms with Crippen LogP contribution in [0.3, 0.4) is 0 Å².